The summed E-state index contributed by atoms with van der Waals surface area (Å²) in [7, 11) is 0. The molecule has 30 heavy (non-hydrogen) atoms. The fourth-order valence-corrected chi connectivity index (χ4v) is 4.35. The highest BCUT2D eigenvalue weighted by Crippen LogP contribution is 2.54. The van der Waals surface area contributed by atoms with E-state index < -0.39 is 17.3 Å². The van der Waals surface area contributed by atoms with Crippen LogP contribution in [-0.2, 0) is 16.5 Å². The van der Waals surface area contributed by atoms with E-state index in [2.05, 4.69) is 33.0 Å². The zero-order valence-corrected chi connectivity index (χ0v) is 19.0. The van der Waals surface area contributed by atoms with Crippen molar-refractivity contribution in [2.75, 3.05) is 23.3 Å². The van der Waals surface area contributed by atoms with Crippen molar-refractivity contribution >= 4 is 39.9 Å². The zero-order valence-electron chi connectivity index (χ0n) is 16.9. The molecule has 0 bridgehead atoms. The Balaban J connectivity index is 1.62. The van der Waals surface area contributed by atoms with Crippen molar-refractivity contribution in [1.82, 2.24) is 9.78 Å². The molecule has 1 aromatic carbocycles. The summed E-state index contributed by atoms with van der Waals surface area (Å²) >= 11 is 2.11. The number of hydrogen-bond acceptors (Lipinski definition) is 3. The number of nitrogens with zero attached hydrogens (tertiary/aromatic N) is 3. The van der Waals surface area contributed by atoms with Crippen LogP contribution in [-0.4, -0.2) is 28.8 Å². The van der Waals surface area contributed by atoms with Crippen LogP contribution in [0.25, 0.3) is 0 Å². The molecule has 1 spiro atoms. The first kappa shape index (κ1) is 21.5. The largest absolute Gasteiger partial charge is 0.416 e. The van der Waals surface area contributed by atoms with Gasteiger partial charge in [-0.3, -0.25) is 9.48 Å². The number of piperidine rings is 1. The summed E-state index contributed by atoms with van der Waals surface area (Å²) in [4.78, 5) is 15.0. The summed E-state index contributed by atoms with van der Waals surface area (Å²) in [5.74, 6) is -0.335. The molecule has 5 nitrogen and oxygen atoms in total. The highest BCUT2D eigenvalue weighted by molar-refractivity contribution is 14.1. The van der Waals surface area contributed by atoms with E-state index in [1.165, 1.54) is 18.9 Å². The van der Waals surface area contributed by atoms with Crippen molar-refractivity contribution < 1.29 is 18.0 Å². The number of hydrogen-bond donors (Lipinski definition) is 1. The third-order valence-corrected chi connectivity index (χ3v) is 6.93. The molecule has 2 aromatic rings. The van der Waals surface area contributed by atoms with Crippen LogP contribution in [0.3, 0.4) is 0 Å². The molecule has 9 heteroatoms. The first-order chi connectivity index (χ1) is 14.0. The minimum atomic E-state index is -4.43. The topological polar surface area (TPSA) is 50.2 Å². The molecule has 2 aliphatic rings. The lowest BCUT2D eigenvalue weighted by molar-refractivity contribution is -0.137. The van der Waals surface area contributed by atoms with E-state index in [4.69, 9.17) is 0 Å². The van der Waals surface area contributed by atoms with Crippen LogP contribution in [0.5, 0.6) is 0 Å². The number of carbonyl (C=O) groups is 1. The van der Waals surface area contributed by atoms with Crippen molar-refractivity contribution in [2.24, 2.45) is 5.41 Å². The second-order valence-corrected chi connectivity index (χ2v) is 10.1. The Morgan fingerprint density at radius 2 is 1.83 bits per heavy atom. The summed E-state index contributed by atoms with van der Waals surface area (Å²) in [5.41, 5.74) is -0.471. The van der Waals surface area contributed by atoms with Crippen LogP contribution in [0.1, 0.15) is 45.1 Å². The monoisotopic (exact) mass is 532 g/mol. The van der Waals surface area contributed by atoms with Crippen LogP contribution in [0.15, 0.2) is 30.6 Å². The quantitative estimate of drug-likeness (QED) is 0.547. The Hall–Kier alpha value is -1.78. The Bertz CT molecular complexity index is 955. The molecule has 1 saturated carbocycles. The Morgan fingerprint density at radius 3 is 2.37 bits per heavy atom. The van der Waals surface area contributed by atoms with E-state index in [9.17, 15) is 18.0 Å². The number of nitrogens with one attached hydrogen (secondary N) is 1. The molecule has 162 valence electrons. The van der Waals surface area contributed by atoms with Gasteiger partial charge in [-0.15, -0.1) is 0 Å². The lowest BCUT2D eigenvalue weighted by Crippen LogP contribution is -2.41. The van der Waals surface area contributed by atoms with E-state index >= 15 is 0 Å². The highest BCUT2D eigenvalue weighted by atomic mass is 127. The van der Waals surface area contributed by atoms with E-state index in [0.717, 1.165) is 28.5 Å². The smallest absolute Gasteiger partial charge is 0.370 e. The van der Waals surface area contributed by atoms with Crippen molar-refractivity contribution in [3.05, 3.63) is 39.7 Å². The molecule has 1 N–H and O–H groups in total. The third-order valence-electron chi connectivity index (χ3n) is 6.37. The Labute approximate surface area is 187 Å². The van der Waals surface area contributed by atoms with Gasteiger partial charge in [0.05, 0.1) is 26.7 Å². The third kappa shape index (κ3) is 4.17. The number of rotatable bonds is 4. The molecule has 1 saturated heterocycles. The molecule has 1 amide bonds. The van der Waals surface area contributed by atoms with Gasteiger partial charge in [-0.1, -0.05) is 0 Å². The predicted molar refractivity (Wildman–Crippen MR) is 117 cm³/mol. The van der Waals surface area contributed by atoms with Gasteiger partial charge in [-0.25, -0.2) is 0 Å². The highest BCUT2D eigenvalue weighted by Gasteiger charge is 2.45. The number of amides is 1. The molecule has 1 aliphatic carbocycles. The van der Waals surface area contributed by atoms with Crippen molar-refractivity contribution in [3.8, 4) is 0 Å². The molecule has 4 rings (SSSR count). The number of alkyl halides is 3. The Kier molecular flexibility index (Phi) is 5.31. The predicted octanol–water partition coefficient (Wildman–Crippen LogP) is 5.26. The standard InChI is InChI=1S/C21H24F3IN4O/c1-19(2,29-13-15(25)12-26-29)18(30)27-16-4-3-14(21(22,23)24)11-17(16)28-9-7-20(5-6-20)8-10-28/h3-4,11-13H,5-10H2,1-2H3,(H,27,30). The van der Waals surface area contributed by atoms with Gasteiger partial charge in [0.15, 0.2) is 0 Å². The Morgan fingerprint density at radius 1 is 1.17 bits per heavy atom. The average Bonchev–Trinajstić information content (AvgIpc) is 3.28. The summed E-state index contributed by atoms with van der Waals surface area (Å²) in [5, 5.41) is 7.08. The second kappa shape index (κ2) is 7.42. The molecule has 0 radical (unpaired) electrons. The molecule has 1 aromatic heterocycles. The summed E-state index contributed by atoms with van der Waals surface area (Å²) in [6.45, 7) is 4.86. The van der Waals surface area contributed by atoms with Crippen LogP contribution in [0.2, 0.25) is 0 Å². The maximum absolute atomic E-state index is 13.4. The van der Waals surface area contributed by atoms with Crippen molar-refractivity contribution in [3.63, 3.8) is 0 Å². The number of halogens is 4. The van der Waals surface area contributed by atoms with E-state index in [-0.39, 0.29) is 5.91 Å². The first-order valence-electron chi connectivity index (χ1n) is 9.99. The van der Waals surface area contributed by atoms with Crippen LogP contribution < -0.4 is 10.2 Å². The normalized spacial score (nSPS) is 18.5. The summed E-state index contributed by atoms with van der Waals surface area (Å²) in [6, 6.07) is 3.54. The summed E-state index contributed by atoms with van der Waals surface area (Å²) < 4.78 is 42.5. The van der Waals surface area contributed by atoms with Gasteiger partial charge in [0.2, 0.25) is 0 Å². The van der Waals surface area contributed by atoms with Crippen LogP contribution >= 0.6 is 22.6 Å². The van der Waals surface area contributed by atoms with Gasteiger partial charge < -0.3 is 10.2 Å². The maximum Gasteiger partial charge on any atom is 0.416 e. The van der Waals surface area contributed by atoms with Gasteiger partial charge in [0, 0.05) is 19.3 Å². The van der Waals surface area contributed by atoms with Gasteiger partial charge in [-0.05, 0) is 85.7 Å². The minimum absolute atomic E-state index is 0.335. The fourth-order valence-electron chi connectivity index (χ4n) is 3.96. The number of benzene rings is 1. The van der Waals surface area contributed by atoms with Crippen molar-refractivity contribution in [1.29, 1.82) is 0 Å². The van der Waals surface area contributed by atoms with Gasteiger partial charge in [-0.2, -0.15) is 18.3 Å². The molecule has 1 aliphatic heterocycles. The molecule has 0 unspecified atom stereocenters. The van der Waals surface area contributed by atoms with Gasteiger partial charge in [0.25, 0.3) is 5.91 Å². The average molecular weight is 532 g/mol. The molecule has 2 fully saturated rings. The number of anilines is 2. The lowest BCUT2D eigenvalue weighted by atomic mass is 9.93. The number of carbonyl (C=O) groups excluding carboxylic acids is 1. The van der Waals surface area contributed by atoms with E-state index in [0.29, 0.717) is 29.9 Å². The first-order valence-corrected chi connectivity index (χ1v) is 11.1. The zero-order chi connectivity index (χ0) is 21.7. The van der Waals surface area contributed by atoms with Crippen LogP contribution in [0.4, 0.5) is 24.5 Å². The second-order valence-electron chi connectivity index (χ2n) is 8.83. The minimum Gasteiger partial charge on any atom is -0.370 e. The molecule has 0 atom stereocenters. The van der Waals surface area contributed by atoms with Crippen molar-refractivity contribution in [2.45, 2.75) is 51.2 Å². The van der Waals surface area contributed by atoms with Gasteiger partial charge >= 0.3 is 6.18 Å². The van der Waals surface area contributed by atoms with E-state index in [1.54, 1.807) is 30.9 Å². The number of aromatic nitrogens is 2. The van der Waals surface area contributed by atoms with E-state index in [1.807, 2.05) is 4.90 Å². The SMILES string of the molecule is CC(C)(C(=O)Nc1ccc(C(F)(F)F)cc1N1CCC2(CC1)CC2)n1cc(I)cn1. The molecule has 2 heterocycles. The maximum atomic E-state index is 13.4. The summed E-state index contributed by atoms with van der Waals surface area (Å²) in [6.07, 6.45) is 3.36. The molecular formula is C21H24F3IN4O. The lowest BCUT2D eigenvalue weighted by Gasteiger charge is -2.35. The van der Waals surface area contributed by atoms with Crippen LogP contribution in [0, 0.1) is 8.99 Å². The fraction of sp³-hybridized carbons (Fsp3) is 0.524. The molecular weight excluding hydrogens is 508 g/mol. The van der Waals surface area contributed by atoms with Gasteiger partial charge in [0.1, 0.15) is 5.54 Å².